The molecule has 4 aromatic heterocycles. The molecule has 0 atom stereocenters. The largest absolute Gasteiger partial charge is 0.352 e. The lowest BCUT2D eigenvalue weighted by Gasteiger charge is -2.09. The Morgan fingerprint density at radius 1 is 0.167 bits per heavy atom. The van der Waals surface area contributed by atoms with E-state index in [0.717, 1.165) is 177 Å². The van der Waals surface area contributed by atoms with E-state index in [1.807, 2.05) is 0 Å². The topological polar surface area (TPSA) is 63.2 Å². The van der Waals surface area contributed by atoms with Crippen molar-refractivity contribution in [3.63, 3.8) is 0 Å². The van der Waals surface area contributed by atoms with Gasteiger partial charge >= 0.3 is 0 Å². The smallest absolute Gasteiger partial charge is 0.0659 e. The molecule has 4 nitrogen and oxygen atoms in total. The fourth-order valence-corrected chi connectivity index (χ4v) is 19.7. The number of rotatable bonds is 0. The number of hydrogen-bond donors (Lipinski definition) is 4. The van der Waals surface area contributed by atoms with Crippen LogP contribution in [0.4, 0.5) is 0 Å². The minimum atomic E-state index is 0.766. The van der Waals surface area contributed by atoms with Gasteiger partial charge in [0.2, 0.25) is 0 Å². The molecule has 0 saturated carbocycles. The molecule has 0 aliphatic carbocycles. The van der Waals surface area contributed by atoms with Crippen LogP contribution in [0.5, 0.6) is 0 Å². The van der Waals surface area contributed by atoms with Crippen LogP contribution < -0.4 is 21.4 Å². The normalized spacial score (nSPS) is 13.5. The minimum Gasteiger partial charge on any atom is -0.352 e. The lowest BCUT2D eigenvalue weighted by molar-refractivity contribution is 1.24. The number of H-pyrrole nitrogens is 4. The van der Waals surface area contributed by atoms with Crippen molar-refractivity contribution in [2.24, 2.45) is 0 Å². The molecule has 308 valence electrons. The third kappa shape index (κ3) is 7.15. The van der Waals surface area contributed by atoms with E-state index >= 15 is 0 Å². The van der Waals surface area contributed by atoms with E-state index in [2.05, 4.69) is 339 Å². The van der Waals surface area contributed by atoms with Gasteiger partial charge in [0.1, 0.15) is 0 Å². The van der Waals surface area contributed by atoms with Crippen molar-refractivity contribution in [3.8, 4) is 0 Å². The van der Waals surface area contributed by atoms with E-state index in [9.17, 15) is 0 Å². The summed E-state index contributed by atoms with van der Waals surface area (Å²) in [5.74, 6) is 0. The first kappa shape index (κ1) is 49.1. The van der Waals surface area contributed by atoms with Crippen LogP contribution in [0.15, 0.2) is 71.6 Å². The van der Waals surface area contributed by atoms with Gasteiger partial charge in [0.15, 0.2) is 0 Å². The summed E-state index contributed by atoms with van der Waals surface area (Å²) in [6, 6.07) is 0. The second-order valence-electron chi connectivity index (χ2n) is 12.8. The summed E-state index contributed by atoms with van der Waals surface area (Å²) >= 11 is 79.3. The number of nitrogens with one attached hydrogen (secondary N) is 4. The molecule has 5 heterocycles. The highest BCUT2D eigenvalue weighted by molar-refractivity contribution is 9.17. The molecule has 1 aliphatic rings. The molecule has 1 aliphatic heterocycles. The molecule has 0 fully saturated rings. The van der Waals surface area contributed by atoms with Crippen molar-refractivity contribution < 1.29 is 0 Å². The summed E-state index contributed by atoms with van der Waals surface area (Å²) in [6.45, 7) is 0. The lowest BCUT2D eigenvalue weighted by Crippen LogP contribution is -2.15. The maximum atomic E-state index is 4.15. The quantitative estimate of drug-likeness (QED) is 0.0864. The number of fused-ring (bicyclic) bond motifs is 20. The molecule has 0 saturated heterocycles. The van der Waals surface area contributed by atoms with Gasteiger partial charge in [-0.3, -0.25) is 0 Å². The lowest BCUT2D eigenvalue weighted by atomic mass is 10.1. The zero-order valence-electron chi connectivity index (χ0n) is 27.6. The van der Waals surface area contributed by atoms with Crippen molar-refractivity contribution >= 4 is 380 Å². The third-order valence-electron chi connectivity index (χ3n) is 9.82. The maximum Gasteiger partial charge on any atom is 0.0659 e. The van der Waals surface area contributed by atoms with Gasteiger partial charge in [0.25, 0.3) is 0 Å². The molecular formula is C36H4Br20N4. The van der Waals surface area contributed by atoms with Crippen LogP contribution in [0.25, 0.3) is 61.0 Å². The van der Waals surface area contributed by atoms with Gasteiger partial charge in [0, 0.05) is 115 Å². The van der Waals surface area contributed by atoms with E-state index in [-0.39, 0.29) is 0 Å². The van der Waals surface area contributed by atoms with Gasteiger partial charge in [-0.05, 0) is 319 Å². The van der Waals surface area contributed by atoms with Crippen LogP contribution >= 0.6 is 319 Å². The molecule has 24 heteroatoms. The molecular weight excluding hydrogens is 2090 g/mol. The predicted octanol–water partition coefficient (Wildman–Crippen LogP) is 20.3. The molecule has 8 bridgehead atoms. The maximum absolute atomic E-state index is 4.15. The van der Waals surface area contributed by atoms with E-state index in [0.29, 0.717) is 0 Å². The molecule has 4 N–H and O–H groups in total. The molecule has 0 unspecified atom stereocenters. The summed E-state index contributed by atoms with van der Waals surface area (Å²) in [4.78, 5) is 15.4. The van der Waals surface area contributed by atoms with Crippen LogP contribution in [0.3, 0.4) is 0 Å². The van der Waals surface area contributed by atoms with Gasteiger partial charge in [-0.15, -0.1) is 0 Å². The first-order chi connectivity index (χ1) is 28.1. The van der Waals surface area contributed by atoms with Crippen LogP contribution in [0.2, 0.25) is 0 Å². The zero-order valence-corrected chi connectivity index (χ0v) is 59.3. The Labute approximate surface area is 505 Å². The fourth-order valence-electron chi connectivity index (χ4n) is 7.22. The first-order valence-corrected chi connectivity index (χ1v) is 31.6. The molecule has 0 amide bonds. The van der Waals surface area contributed by atoms with Crippen LogP contribution in [0, 0.1) is 0 Å². The Bertz CT molecular complexity index is 3200. The van der Waals surface area contributed by atoms with Crippen molar-refractivity contribution in [2.45, 2.75) is 0 Å². The fraction of sp³-hybridized carbons (Fsp3) is 0. The average molecular weight is 2090 g/mol. The molecule has 0 radical (unpaired) electrons. The summed E-state index contributed by atoms with van der Waals surface area (Å²) in [5, 5.41) is 10.5. The van der Waals surface area contributed by atoms with Gasteiger partial charge < -0.3 is 19.9 Å². The molecule has 60 heavy (non-hydrogen) atoms. The first-order valence-electron chi connectivity index (χ1n) is 15.8. The number of hydrogen-bond acceptors (Lipinski definition) is 0. The SMILES string of the molecule is BrC1=c2[nH]c(c3c(Br)c(Br)c(Br)c(Br)c23)=C(Br)c2[nH]c(c3c(Br)c(Br)c(Br)c(Br)c23)C(Br)=c2[nH]c(c3c(Br)c(Br)c(Br)c(Br)c23)=C(Br)c2[nH]c1c1c(Br)c(Br)c(Br)c(Br)c21. The molecule has 9 rings (SSSR count). The number of halogens is 20. The average Bonchev–Trinajstić information content (AvgIpc) is 4.03. The van der Waals surface area contributed by atoms with Gasteiger partial charge in [-0.25, -0.2) is 0 Å². The second-order valence-corrected chi connectivity index (χ2v) is 28.6. The Morgan fingerprint density at radius 2 is 0.317 bits per heavy atom. The van der Waals surface area contributed by atoms with Crippen molar-refractivity contribution in [3.05, 3.63) is 116 Å². The Hall–Kier alpha value is 4.12. The minimum absolute atomic E-state index is 0.766. The summed E-state index contributed by atoms with van der Waals surface area (Å²) in [6.07, 6.45) is 0. The van der Waals surface area contributed by atoms with E-state index < -0.39 is 0 Å². The summed E-state index contributed by atoms with van der Waals surface area (Å²) in [7, 11) is 0. The van der Waals surface area contributed by atoms with Crippen molar-refractivity contribution in [1.29, 1.82) is 0 Å². The highest BCUT2D eigenvalue weighted by Crippen LogP contribution is 2.52. The number of aromatic nitrogens is 4. The Morgan fingerprint density at radius 3 is 0.483 bits per heavy atom. The van der Waals surface area contributed by atoms with E-state index in [1.54, 1.807) is 0 Å². The summed E-state index contributed by atoms with van der Waals surface area (Å²) < 4.78 is 16.5. The zero-order chi connectivity index (χ0) is 43.6. The second kappa shape index (κ2) is 18.1. The predicted molar refractivity (Wildman–Crippen MR) is 321 cm³/mol. The third-order valence-corrected chi connectivity index (χ3v) is 32.1. The van der Waals surface area contributed by atoms with Crippen molar-refractivity contribution in [1.82, 2.24) is 19.9 Å². The van der Waals surface area contributed by atoms with E-state index in [1.165, 1.54) is 0 Å². The summed E-state index contributed by atoms with van der Waals surface area (Å²) in [5.41, 5.74) is 3.22. The standard InChI is InChI=1S/C36H4Br20N4/c37-9-1-2(10(38)18(46)17(9)45)30-26(54)32-5-6(14(42)22(50)21(49)13(5)41)34(59-32)28(56)36-8-7(15(43)23(51)24(52)16(8)44)35(60-36)27(55)33-4-3(11(39)19(47)20(48)12(4)40)31(58-33)25(53)29(1)57-30/h57-60H. The van der Waals surface area contributed by atoms with Gasteiger partial charge in [-0.2, -0.15) is 0 Å². The highest BCUT2D eigenvalue weighted by Gasteiger charge is 2.31. The Kier molecular flexibility index (Phi) is 14.8. The number of benzene rings is 4. The molecule has 0 spiro atoms. The van der Waals surface area contributed by atoms with Crippen LogP contribution in [-0.2, 0) is 0 Å². The van der Waals surface area contributed by atoms with Crippen molar-refractivity contribution in [2.75, 3.05) is 0 Å². The number of aromatic amines is 4. The Balaban J connectivity index is 1.71. The molecule has 8 aromatic rings. The highest BCUT2D eigenvalue weighted by atomic mass is 79.9. The van der Waals surface area contributed by atoms with Crippen LogP contribution in [0.1, 0.15) is 22.8 Å². The van der Waals surface area contributed by atoms with Crippen LogP contribution in [-0.4, -0.2) is 19.9 Å². The monoisotopic (exact) mass is 2070 g/mol. The van der Waals surface area contributed by atoms with Gasteiger partial charge in [-0.1, -0.05) is 0 Å². The van der Waals surface area contributed by atoms with Gasteiger partial charge in [0.05, 0.1) is 62.1 Å². The molecule has 4 aromatic carbocycles. The van der Waals surface area contributed by atoms with E-state index in [4.69, 9.17) is 0 Å².